The Morgan fingerprint density at radius 3 is 2.70 bits per heavy atom. The number of rotatable bonds is 8. The predicted molar refractivity (Wildman–Crippen MR) is 76.8 cm³/mol. The lowest BCUT2D eigenvalue weighted by Crippen LogP contribution is -2.54. The highest BCUT2D eigenvalue weighted by molar-refractivity contribution is 5.80. The summed E-state index contributed by atoms with van der Waals surface area (Å²) < 4.78 is 10.6. The first kappa shape index (κ1) is 16.5. The molecule has 0 amide bonds. The molecule has 5 heteroatoms. The number of hydrogen-bond acceptors (Lipinski definition) is 5. The van der Waals surface area contributed by atoms with E-state index in [2.05, 4.69) is 5.32 Å². The number of esters is 1. The zero-order valence-corrected chi connectivity index (χ0v) is 12.3. The number of ether oxygens (including phenoxy) is 2. The average molecular weight is 281 g/mol. The van der Waals surface area contributed by atoms with Crippen LogP contribution < -0.4 is 10.1 Å². The van der Waals surface area contributed by atoms with Gasteiger partial charge in [0.2, 0.25) is 0 Å². The van der Waals surface area contributed by atoms with E-state index in [1.54, 1.807) is 6.92 Å². The molecule has 2 N–H and O–H groups in total. The van der Waals surface area contributed by atoms with Crippen molar-refractivity contribution in [2.24, 2.45) is 0 Å². The molecule has 1 aromatic carbocycles. The molecular formula is C15H23NO4. The van der Waals surface area contributed by atoms with Crippen molar-refractivity contribution in [3.8, 4) is 5.75 Å². The van der Waals surface area contributed by atoms with E-state index in [9.17, 15) is 4.79 Å². The van der Waals surface area contributed by atoms with Gasteiger partial charge in [-0.1, -0.05) is 25.1 Å². The van der Waals surface area contributed by atoms with Gasteiger partial charge in [0.25, 0.3) is 0 Å². The second-order valence-corrected chi connectivity index (χ2v) is 4.72. The van der Waals surface area contributed by atoms with E-state index in [1.165, 1.54) is 7.11 Å². The topological polar surface area (TPSA) is 67.8 Å². The zero-order valence-electron chi connectivity index (χ0n) is 12.3. The van der Waals surface area contributed by atoms with Gasteiger partial charge in [0, 0.05) is 6.61 Å². The number of carbonyl (C=O) groups excluding carboxylic acids is 1. The summed E-state index contributed by atoms with van der Waals surface area (Å²) in [4.78, 5) is 11.9. The van der Waals surface area contributed by atoms with Crippen LogP contribution in [-0.4, -0.2) is 43.5 Å². The first-order chi connectivity index (χ1) is 9.57. The molecule has 0 saturated heterocycles. The molecule has 0 aliphatic carbocycles. The molecule has 20 heavy (non-hydrogen) atoms. The van der Waals surface area contributed by atoms with Crippen molar-refractivity contribution in [1.29, 1.82) is 0 Å². The van der Waals surface area contributed by atoms with Crippen LogP contribution in [0.5, 0.6) is 5.75 Å². The maximum absolute atomic E-state index is 11.9. The smallest absolute Gasteiger partial charge is 0.329 e. The Hall–Kier alpha value is -1.59. The predicted octanol–water partition coefficient (Wildman–Crippen LogP) is 1.14. The van der Waals surface area contributed by atoms with Crippen LogP contribution in [0.4, 0.5) is 0 Å². The van der Waals surface area contributed by atoms with E-state index >= 15 is 0 Å². The third-order valence-electron chi connectivity index (χ3n) is 3.07. The highest BCUT2D eigenvalue weighted by Gasteiger charge is 2.34. The van der Waals surface area contributed by atoms with Gasteiger partial charge in [-0.3, -0.25) is 5.32 Å². The fourth-order valence-electron chi connectivity index (χ4n) is 1.99. The van der Waals surface area contributed by atoms with E-state index in [1.807, 2.05) is 31.2 Å². The van der Waals surface area contributed by atoms with Crippen LogP contribution in [0.1, 0.15) is 19.4 Å². The third kappa shape index (κ3) is 4.21. The molecule has 1 rings (SSSR count). The number of hydrogen-bond donors (Lipinski definition) is 2. The Balaban J connectivity index is 2.80. The summed E-state index contributed by atoms with van der Waals surface area (Å²) in [6.07, 6.45) is 0.520. The number of likely N-dealkylation sites (N-methyl/N-ethyl adjacent to an activating group) is 1. The third-order valence-corrected chi connectivity index (χ3v) is 3.07. The number of benzene rings is 1. The van der Waals surface area contributed by atoms with Crippen LogP contribution in [0, 0.1) is 0 Å². The van der Waals surface area contributed by atoms with Gasteiger partial charge in [-0.05, 0) is 31.5 Å². The standard InChI is InChI=1S/C15H23NO4/c1-4-16-15(2,14(18)19-3)11-20-13-8-6-5-7-12(13)9-10-17/h5-8,16-17H,4,9-11H2,1-3H3. The number of nitrogens with one attached hydrogen (secondary N) is 1. The van der Waals surface area contributed by atoms with Gasteiger partial charge >= 0.3 is 5.97 Å². The fourth-order valence-corrected chi connectivity index (χ4v) is 1.99. The lowest BCUT2D eigenvalue weighted by molar-refractivity contribution is -0.149. The molecule has 5 nitrogen and oxygen atoms in total. The monoisotopic (exact) mass is 281 g/mol. The summed E-state index contributed by atoms with van der Waals surface area (Å²) >= 11 is 0. The van der Waals surface area contributed by atoms with Gasteiger partial charge in [-0.25, -0.2) is 4.79 Å². The van der Waals surface area contributed by atoms with Gasteiger partial charge in [0.05, 0.1) is 7.11 Å². The van der Waals surface area contributed by atoms with Crippen molar-refractivity contribution in [3.63, 3.8) is 0 Å². The first-order valence-electron chi connectivity index (χ1n) is 6.72. The van der Waals surface area contributed by atoms with Gasteiger partial charge < -0.3 is 14.6 Å². The maximum Gasteiger partial charge on any atom is 0.329 e. The molecule has 0 fully saturated rings. The molecular weight excluding hydrogens is 258 g/mol. The molecule has 1 atom stereocenters. The van der Waals surface area contributed by atoms with Crippen LogP contribution in [-0.2, 0) is 16.0 Å². The van der Waals surface area contributed by atoms with Crippen LogP contribution in [0.2, 0.25) is 0 Å². The van der Waals surface area contributed by atoms with Crippen LogP contribution >= 0.6 is 0 Å². The summed E-state index contributed by atoms with van der Waals surface area (Å²) in [6.45, 7) is 4.52. The minimum absolute atomic E-state index is 0.0574. The molecule has 0 aliphatic rings. The van der Waals surface area contributed by atoms with E-state index in [4.69, 9.17) is 14.6 Å². The number of aliphatic hydroxyl groups excluding tert-OH is 1. The van der Waals surface area contributed by atoms with Crippen molar-refractivity contribution in [3.05, 3.63) is 29.8 Å². The highest BCUT2D eigenvalue weighted by Crippen LogP contribution is 2.20. The van der Waals surface area contributed by atoms with Crippen molar-refractivity contribution in [1.82, 2.24) is 5.32 Å². The number of carbonyl (C=O) groups is 1. The Morgan fingerprint density at radius 1 is 1.40 bits per heavy atom. The molecule has 0 aliphatic heterocycles. The molecule has 112 valence electrons. The molecule has 1 unspecified atom stereocenters. The van der Waals surface area contributed by atoms with Crippen LogP contribution in [0.25, 0.3) is 0 Å². The minimum atomic E-state index is -0.893. The number of methoxy groups -OCH3 is 1. The second kappa shape index (κ2) is 7.87. The summed E-state index contributed by atoms with van der Waals surface area (Å²) in [7, 11) is 1.36. The van der Waals surface area contributed by atoms with Crippen molar-refractivity contribution in [2.45, 2.75) is 25.8 Å². The van der Waals surface area contributed by atoms with Gasteiger partial charge in [-0.2, -0.15) is 0 Å². The number of para-hydroxylation sites is 1. The zero-order chi connectivity index (χ0) is 15.0. The molecule has 0 spiro atoms. The Kier molecular flexibility index (Phi) is 6.48. The second-order valence-electron chi connectivity index (χ2n) is 4.72. The molecule has 0 bridgehead atoms. The average Bonchev–Trinajstić information content (AvgIpc) is 2.46. The van der Waals surface area contributed by atoms with Crippen molar-refractivity contribution in [2.75, 3.05) is 26.9 Å². The van der Waals surface area contributed by atoms with E-state index in [0.29, 0.717) is 18.7 Å². The molecule has 0 aromatic heterocycles. The Bertz CT molecular complexity index is 436. The summed E-state index contributed by atoms with van der Waals surface area (Å²) in [5, 5.41) is 12.1. The summed E-state index contributed by atoms with van der Waals surface area (Å²) in [6, 6.07) is 7.48. The largest absolute Gasteiger partial charge is 0.491 e. The Labute approximate surface area is 119 Å². The normalized spacial score (nSPS) is 13.6. The SMILES string of the molecule is CCNC(C)(COc1ccccc1CCO)C(=O)OC. The fraction of sp³-hybridized carbons (Fsp3) is 0.533. The van der Waals surface area contributed by atoms with E-state index in [-0.39, 0.29) is 19.2 Å². The molecule has 1 aromatic rings. The quantitative estimate of drug-likeness (QED) is 0.699. The van der Waals surface area contributed by atoms with Gasteiger partial charge in [0.15, 0.2) is 0 Å². The molecule has 0 saturated carbocycles. The number of aliphatic hydroxyl groups is 1. The van der Waals surface area contributed by atoms with E-state index < -0.39 is 5.54 Å². The van der Waals surface area contributed by atoms with E-state index in [0.717, 1.165) is 5.56 Å². The first-order valence-corrected chi connectivity index (χ1v) is 6.72. The lowest BCUT2D eigenvalue weighted by atomic mass is 10.0. The maximum atomic E-state index is 11.9. The summed E-state index contributed by atoms with van der Waals surface area (Å²) in [5.74, 6) is 0.313. The summed E-state index contributed by atoms with van der Waals surface area (Å²) in [5.41, 5.74) is 0.0224. The van der Waals surface area contributed by atoms with Crippen LogP contribution in [0.3, 0.4) is 0 Å². The van der Waals surface area contributed by atoms with Crippen molar-refractivity contribution < 1.29 is 19.4 Å². The lowest BCUT2D eigenvalue weighted by Gasteiger charge is -2.27. The molecule has 0 heterocycles. The van der Waals surface area contributed by atoms with Gasteiger partial charge in [0.1, 0.15) is 17.9 Å². The van der Waals surface area contributed by atoms with Crippen LogP contribution in [0.15, 0.2) is 24.3 Å². The van der Waals surface area contributed by atoms with Crippen molar-refractivity contribution >= 4 is 5.97 Å². The highest BCUT2D eigenvalue weighted by atomic mass is 16.5. The Morgan fingerprint density at radius 2 is 2.10 bits per heavy atom. The minimum Gasteiger partial charge on any atom is -0.491 e. The van der Waals surface area contributed by atoms with Gasteiger partial charge in [-0.15, -0.1) is 0 Å². The molecule has 0 radical (unpaired) electrons.